The molecule has 218 valence electrons. The van der Waals surface area contributed by atoms with Crippen LogP contribution >= 0.6 is 23.2 Å². The molecule has 1 aliphatic heterocycles. The predicted molar refractivity (Wildman–Crippen MR) is 155 cm³/mol. The van der Waals surface area contributed by atoms with Gasteiger partial charge in [-0.2, -0.15) is 0 Å². The van der Waals surface area contributed by atoms with Crippen molar-refractivity contribution in [2.45, 2.75) is 69.1 Å². The van der Waals surface area contributed by atoms with Gasteiger partial charge in [0.2, 0.25) is 0 Å². The van der Waals surface area contributed by atoms with E-state index in [1.54, 1.807) is 31.2 Å². The zero-order valence-corrected chi connectivity index (χ0v) is 24.6. The minimum absolute atomic E-state index is 0.0352. The van der Waals surface area contributed by atoms with Gasteiger partial charge in [0.15, 0.2) is 11.1 Å². The lowest BCUT2D eigenvalue weighted by atomic mass is 10.0. The van der Waals surface area contributed by atoms with E-state index in [4.69, 9.17) is 32.5 Å². The third kappa shape index (κ3) is 5.64. The Morgan fingerprint density at radius 1 is 1.27 bits per heavy atom. The zero-order valence-electron chi connectivity index (χ0n) is 22.3. The second-order valence-corrected chi connectivity index (χ2v) is 12.9. The lowest BCUT2D eigenvalue weighted by Crippen LogP contribution is -2.39. The standard InChI is InChI=1S/C29H30Cl2FN3O5S/c1-2-25(41(37)38)33-29(36)19-9-8-17(11-23(19)32)35-13-16-10-18(35)12-24(16)39-14-20-27(34-40-28(20)15-6-7-15)26-21(30)4-3-5-22(26)31/h3-5,8-9,11,15-16,18,24-25H,2,6-7,10,12-14H2,1H3,(H,33,36)(H,37,38)/t16-,18-,24+,25?/m0/s1. The van der Waals surface area contributed by atoms with Gasteiger partial charge >= 0.3 is 0 Å². The highest BCUT2D eigenvalue weighted by Crippen LogP contribution is 2.47. The smallest absolute Gasteiger partial charge is 0.255 e. The van der Waals surface area contributed by atoms with E-state index in [1.807, 2.05) is 0 Å². The van der Waals surface area contributed by atoms with Crippen molar-refractivity contribution in [2.24, 2.45) is 5.92 Å². The fourth-order valence-electron chi connectivity index (χ4n) is 6.05. The molecule has 0 spiro atoms. The fourth-order valence-corrected chi connectivity index (χ4v) is 7.12. The number of nitrogens with zero attached hydrogens (tertiary/aromatic N) is 2. The Labute approximate surface area is 249 Å². The number of hydrogen-bond donors (Lipinski definition) is 2. The Hall–Kier alpha value is -2.50. The van der Waals surface area contributed by atoms with Crippen LogP contribution in [0.15, 0.2) is 40.9 Å². The molecule has 1 aromatic heterocycles. The maximum Gasteiger partial charge on any atom is 0.255 e. The molecule has 3 aromatic rings. The number of ether oxygens (including phenoxy) is 1. The van der Waals surface area contributed by atoms with Gasteiger partial charge in [0.25, 0.3) is 5.91 Å². The summed E-state index contributed by atoms with van der Waals surface area (Å²) in [5.74, 6) is 0.0741. The van der Waals surface area contributed by atoms with E-state index in [9.17, 15) is 17.9 Å². The van der Waals surface area contributed by atoms with Crippen LogP contribution in [0, 0.1) is 11.7 Å². The first-order valence-corrected chi connectivity index (χ1v) is 15.7. The number of amides is 1. The SMILES string of the molecule is CCC(NC(=O)c1ccc(N2C[C@@H]3C[C@H]2C[C@H]3OCc2c(-c3c(Cl)cccc3Cl)noc2C2CC2)cc1F)S(=O)O. The summed E-state index contributed by atoms with van der Waals surface area (Å²) in [5, 5.41) is 6.83. The molecule has 2 unspecified atom stereocenters. The van der Waals surface area contributed by atoms with E-state index >= 15 is 0 Å². The molecule has 2 bridgehead atoms. The van der Waals surface area contributed by atoms with Crippen molar-refractivity contribution in [3.63, 3.8) is 0 Å². The van der Waals surface area contributed by atoms with Crippen molar-refractivity contribution < 1.29 is 27.2 Å². The molecule has 2 aromatic carbocycles. The molecule has 2 N–H and O–H groups in total. The highest BCUT2D eigenvalue weighted by molar-refractivity contribution is 7.79. The normalized spacial score (nSPS) is 23.1. The van der Waals surface area contributed by atoms with Gasteiger partial charge in [0.1, 0.15) is 22.6 Å². The van der Waals surface area contributed by atoms with Crippen molar-refractivity contribution in [2.75, 3.05) is 11.4 Å². The minimum atomic E-state index is -2.24. The Bertz CT molecular complexity index is 1480. The van der Waals surface area contributed by atoms with E-state index in [-0.39, 0.29) is 30.0 Å². The van der Waals surface area contributed by atoms with E-state index in [2.05, 4.69) is 15.4 Å². The molecule has 3 aliphatic rings. The number of aromatic nitrogens is 1. The average molecular weight is 623 g/mol. The number of piperidine rings is 1. The second-order valence-electron chi connectivity index (χ2n) is 10.9. The maximum absolute atomic E-state index is 15.0. The number of benzene rings is 2. The minimum Gasteiger partial charge on any atom is -0.373 e. The highest BCUT2D eigenvalue weighted by atomic mass is 35.5. The van der Waals surface area contributed by atoms with Crippen molar-refractivity contribution in [1.82, 2.24) is 10.5 Å². The number of carbonyl (C=O) groups excluding carboxylic acids is 1. The van der Waals surface area contributed by atoms with E-state index in [0.29, 0.717) is 46.1 Å². The summed E-state index contributed by atoms with van der Waals surface area (Å²) in [5.41, 5.74) is 2.72. The first-order valence-electron chi connectivity index (χ1n) is 13.8. The number of carbonyl (C=O) groups is 1. The van der Waals surface area contributed by atoms with Crippen LogP contribution in [0.4, 0.5) is 10.1 Å². The van der Waals surface area contributed by atoms with Crippen LogP contribution in [0.1, 0.15) is 66.6 Å². The van der Waals surface area contributed by atoms with Crippen molar-refractivity contribution in [3.8, 4) is 11.3 Å². The van der Waals surface area contributed by atoms with Gasteiger partial charge in [-0.15, -0.1) is 0 Å². The number of nitrogens with one attached hydrogen (secondary N) is 1. The van der Waals surface area contributed by atoms with Gasteiger partial charge in [0, 0.05) is 41.2 Å². The molecule has 8 nitrogen and oxygen atoms in total. The van der Waals surface area contributed by atoms with Gasteiger partial charge in [-0.05, 0) is 62.4 Å². The first-order chi connectivity index (χ1) is 19.7. The molecule has 5 atom stereocenters. The monoisotopic (exact) mass is 621 g/mol. The number of halogens is 3. The number of anilines is 1. The summed E-state index contributed by atoms with van der Waals surface area (Å²) in [6, 6.07) is 10.1. The first kappa shape index (κ1) is 28.6. The molecule has 41 heavy (non-hydrogen) atoms. The van der Waals surface area contributed by atoms with Crippen LogP contribution in [0.3, 0.4) is 0 Å². The van der Waals surface area contributed by atoms with Crippen molar-refractivity contribution >= 4 is 45.9 Å². The average Bonchev–Trinajstić information content (AvgIpc) is 3.39. The molecule has 0 radical (unpaired) electrons. The van der Waals surface area contributed by atoms with E-state index in [1.165, 1.54) is 12.1 Å². The third-order valence-corrected chi connectivity index (χ3v) is 9.89. The van der Waals surface area contributed by atoms with Crippen LogP contribution in [-0.4, -0.2) is 43.9 Å². The lowest BCUT2D eigenvalue weighted by Gasteiger charge is -2.33. The van der Waals surface area contributed by atoms with Gasteiger partial charge in [-0.3, -0.25) is 4.79 Å². The molecule has 1 saturated heterocycles. The molecule has 6 rings (SSSR count). The number of hydrogen-bond acceptors (Lipinski definition) is 6. The largest absolute Gasteiger partial charge is 0.373 e. The van der Waals surface area contributed by atoms with Crippen molar-refractivity contribution in [3.05, 3.63) is 69.1 Å². The lowest BCUT2D eigenvalue weighted by molar-refractivity contribution is 0.0122. The van der Waals surface area contributed by atoms with Crippen LogP contribution < -0.4 is 10.2 Å². The van der Waals surface area contributed by atoms with Gasteiger partial charge in [0.05, 0.1) is 28.3 Å². The maximum atomic E-state index is 15.0. The Kier molecular flexibility index (Phi) is 8.13. The zero-order chi connectivity index (χ0) is 28.8. The molecule has 2 heterocycles. The van der Waals surface area contributed by atoms with E-state index in [0.717, 1.165) is 37.0 Å². The molecule has 1 amide bonds. The summed E-state index contributed by atoms with van der Waals surface area (Å²) in [6.07, 6.45) is 4.12. The molecule has 3 fully saturated rings. The summed E-state index contributed by atoms with van der Waals surface area (Å²) in [4.78, 5) is 14.6. The van der Waals surface area contributed by atoms with Gasteiger partial charge in [-0.1, -0.05) is 41.3 Å². The third-order valence-electron chi connectivity index (χ3n) is 8.32. The van der Waals surface area contributed by atoms with Crippen LogP contribution in [0.5, 0.6) is 0 Å². The molecule has 2 aliphatic carbocycles. The second kappa shape index (κ2) is 11.6. The van der Waals surface area contributed by atoms with Gasteiger partial charge < -0.3 is 24.0 Å². The predicted octanol–water partition coefficient (Wildman–Crippen LogP) is 6.54. The molecular weight excluding hydrogens is 592 g/mol. The summed E-state index contributed by atoms with van der Waals surface area (Å²) < 4.78 is 47.9. The van der Waals surface area contributed by atoms with Crippen molar-refractivity contribution in [1.29, 1.82) is 0 Å². The molecule has 2 saturated carbocycles. The van der Waals surface area contributed by atoms with Crippen LogP contribution in [-0.2, 0) is 22.4 Å². The fraction of sp³-hybridized carbons (Fsp3) is 0.448. The summed E-state index contributed by atoms with van der Waals surface area (Å²) in [6.45, 7) is 2.73. The van der Waals surface area contributed by atoms with E-state index < -0.39 is 28.2 Å². The quantitative estimate of drug-likeness (QED) is 0.248. The Morgan fingerprint density at radius 3 is 2.63 bits per heavy atom. The molecule has 12 heteroatoms. The van der Waals surface area contributed by atoms with Crippen LogP contribution in [0.25, 0.3) is 11.3 Å². The topological polar surface area (TPSA) is 105 Å². The highest BCUT2D eigenvalue weighted by Gasteiger charge is 2.46. The summed E-state index contributed by atoms with van der Waals surface area (Å²) in [7, 11) is 0. The van der Waals surface area contributed by atoms with Gasteiger partial charge in [-0.25, -0.2) is 8.60 Å². The van der Waals surface area contributed by atoms with Crippen LogP contribution in [0.2, 0.25) is 10.0 Å². The Balaban J connectivity index is 1.12. The molecular formula is C29H30Cl2FN3O5S. The number of fused-ring (bicyclic) bond motifs is 2. The summed E-state index contributed by atoms with van der Waals surface area (Å²) >= 11 is 10.7. The number of rotatable bonds is 10. The Morgan fingerprint density at radius 2 is 2.02 bits per heavy atom.